The highest BCUT2D eigenvalue weighted by molar-refractivity contribution is 5.59. The van der Waals surface area contributed by atoms with Crippen LogP contribution >= 0.6 is 0 Å². The van der Waals surface area contributed by atoms with Crippen molar-refractivity contribution >= 4 is 6.29 Å². The van der Waals surface area contributed by atoms with Gasteiger partial charge in [0.15, 0.2) is 0 Å². The second kappa shape index (κ2) is 10.5. The normalized spacial score (nSPS) is 12.1. The summed E-state index contributed by atoms with van der Waals surface area (Å²) in [5.41, 5.74) is -0.905. The van der Waals surface area contributed by atoms with Crippen LogP contribution in [0.2, 0.25) is 0 Å². The monoisotopic (exact) mass is 258 g/mol. The van der Waals surface area contributed by atoms with Gasteiger partial charge in [0, 0.05) is 0 Å². The van der Waals surface area contributed by atoms with Crippen LogP contribution < -0.4 is 0 Å². The number of unbranched alkanes of at least 4 members (excludes halogenated alkanes) is 5. The number of aliphatic hydroxyl groups is 2. The van der Waals surface area contributed by atoms with Gasteiger partial charge >= 0.3 is 0 Å². The van der Waals surface area contributed by atoms with Gasteiger partial charge in [0.05, 0.1) is 18.6 Å². The summed E-state index contributed by atoms with van der Waals surface area (Å²) >= 11 is 0. The van der Waals surface area contributed by atoms with E-state index >= 15 is 0 Å². The van der Waals surface area contributed by atoms with Crippen molar-refractivity contribution in [3.05, 3.63) is 0 Å². The molecular weight excluding hydrogens is 228 g/mol. The van der Waals surface area contributed by atoms with Crippen LogP contribution in [0.15, 0.2) is 0 Å². The van der Waals surface area contributed by atoms with Crippen molar-refractivity contribution in [2.45, 2.75) is 65.2 Å². The second-order valence-electron chi connectivity index (χ2n) is 5.85. The number of carbonyl (C=O) groups is 1. The lowest BCUT2D eigenvalue weighted by Gasteiger charge is -2.22. The quantitative estimate of drug-likeness (QED) is 0.418. The van der Waals surface area contributed by atoms with E-state index in [4.69, 9.17) is 10.2 Å². The molecular formula is C15H30O3. The molecule has 0 heterocycles. The molecule has 0 aliphatic rings. The smallest absolute Gasteiger partial charge is 0.130 e. The number of hydrogen-bond donors (Lipinski definition) is 2. The van der Waals surface area contributed by atoms with Gasteiger partial charge in [-0.3, -0.25) is 0 Å². The first-order valence-electron chi connectivity index (χ1n) is 7.28. The summed E-state index contributed by atoms with van der Waals surface area (Å²) in [4.78, 5) is 10.8. The zero-order valence-electron chi connectivity index (χ0n) is 12.0. The molecule has 0 amide bonds. The number of hydrogen-bond acceptors (Lipinski definition) is 3. The molecule has 0 fully saturated rings. The fourth-order valence-corrected chi connectivity index (χ4v) is 2.08. The molecule has 0 saturated carbocycles. The maximum atomic E-state index is 10.8. The fraction of sp³-hybridized carbons (Fsp3) is 0.933. The third-order valence-electron chi connectivity index (χ3n) is 3.59. The first-order valence-corrected chi connectivity index (χ1v) is 7.28. The standard InChI is InChI=1S/C15H30O3/c1-14(2)9-7-5-3-4-6-8-10-15(11-16,12-17)13-18/h11,14,17-18H,3-10,12-13H2,1-2H3. The Hall–Kier alpha value is -0.410. The molecule has 0 aromatic carbocycles. The van der Waals surface area contributed by atoms with E-state index in [2.05, 4.69) is 13.8 Å². The predicted molar refractivity (Wildman–Crippen MR) is 74.4 cm³/mol. The van der Waals surface area contributed by atoms with E-state index in [1.165, 1.54) is 32.1 Å². The van der Waals surface area contributed by atoms with E-state index in [1.54, 1.807) is 0 Å². The Kier molecular flexibility index (Phi) is 10.3. The lowest BCUT2D eigenvalue weighted by Crippen LogP contribution is -2.31. The SMILES string of the molecule is CC(C)CCCCCCCCC(C=O)(CO)CO. The average Bonchev–Trinajstić information content (AvgIpc) is 2.38. The van der Waals surface area contributed by atoms with Crippen LogP contribution in [-0.2, 0) is 4.79 Å². The topological polar surface area (TPSA) is 57.5 Å². The molecule has 0 aromatic rings. The van der Waals surface area contributed by atoms with Gasteiger partial charge in [0.25, 0.3) is 0 Å². The lowest BCUT2D eigenvalue weighted by atomic mass is 9.85. The van der Waals surface area contributed by atoms with Gasteiger partial charge in [0.2, 0.25) is 0 Å². The van der Waals surface area contributed by atoms with Crippen molar-refractivity contribution in [2.24, 2.45) is 11.3 Å². The van der Waals surface area contributed by atoms with Gasteiger partial charge < -0.3 is 15.0 Å². The van der Waals surface area contributed by atoms with Crippen molar-refractivity contribution in [1.29, 1.82) is 0 Å². The van der Waals surface area contributed by atoms with Gasteiger partial charge in [-0.15, -0.1) is 0 Å². The zero-order chi connectivity index (χ0) is 13.9. The molecule has 0 radical (unpaired) electrons. The minimum absolute atomic E-state index is 0.249. The van der Waals surface area contributed by atoms with Crippen LogP contribution in [0.4, 0.5) is 0 Å². The Balaban J connectivity index is 3.47. The zero-order valence-corrected chi connectivity index (χ0v) is 12.0. The molecule has 108 valence electrons. The molecule has 0 unspecified atom stereocenters. The highest BCUT2D eigenvalue weighted by Crippen LogP contribution is 2.22. The van der Waals surface area contributed by atoms with E-state index in [0.717, 1.165) is 18.8 Å². The molecule has 0 saturated heterocycles. The molecule has 0 aliphatic heterocycles. The lowest BCUT2D eigenvalue weighted by molar-refractivity contribution is -0.121. The molecule has 18 heavy (non-hydrogen) atoms. The first kappa shape index (κ1) is 17.6. The Morgan fingerprint density at radius 1 is 0.944 bits per heavy atom. The summed E-state index contributed by atoms with van der Waals surface area (Å²) in [5.74, 6) is 0.798. The summed E-state index contributed by atoms with van der Waals surface area (Å²) in [6.07, 6.45) is 9.62. The minimum atomic E-state index is -0.905. The first-order chi connectivity index (χ1) is 8.60. The van der Waals surface area contributed by atoms with Crippen LogP contribution in [-0.4, -0.2) is 29.7 Å². The molecule has 3 heteroatoms. The minimum Gasteiger partial charge on any atom is -0.395 e. The van der Waals surface area contributed by atoms with Crippen LogP contribution in [0, 0.1) is 11.3 Å². The predicted octanol–water partition coefficient (Wildman–Crippen LogP) is 2.93. The summed E-state index contributed by atoms with van der Waals surface area (Å²) in [6.45, 7) is 4.01. The summed E-state index contributed by atoms with van der Waals surface area (Å²) in [7, 11) is 0. The van der Waals surface area contributed by atoms with E-state index in [-0.39, 0.29) is 13.2 Å². The summed E-state index contributed by atoms with van der Waals surface area (Å²) in [6, 6.07) is 0. The van der Waals surface area contributed by atoms with Gasteiger partial charge in [-0.05, 0) is 12.3 Å². The van der Waals surface area contributed by atoms with E-state index < -0.39 is 5.41 Å². The Bertz CT molecular complexity index is 198. The van der Waals surface area contributed by atoms with Crippen LogP contribution in [0.25, 0.3) is 0 Å². The average molecular weight is 258 g/mol. The Morgan fingerprint density at radius 3 is 1.89 bits per heavy atom. The van der Waals surface area contributed by atoms with Crippen LogP contribution in [0.3, 0.4) is 0 Å². The molecule has 3 nitrogen and oxygen atoms in total. The van der Waals surface area contributed by atoms with E-state index in [1.807, 2.05) is 0 Å². The molecule has 0 rings (SSSR count). The molecule has 2 N–H and O–H groups in total. The number of rotatable bonds is 12. The van der Waals surface area contributed by atoms with Crippen molar-refractivity contribution in [3.8, 4) is 0 Å². The van der Waals surface area contributed by atoms with Crippen molar-refractivity contribution in [2.75, 3.05) is 13.2 Å². The summed E-state index contributed by atoms with van der Waals surface area (Å²) in [5, 5.41) is 18.2. The Labute approximate surface area is 112 Å². The van der Waals surface area contributed by atoms with Gasteiger partial charge in [-0.1, -0.05) is 58.8 Å². The Morgan fingerprint density at radius 2 is 1.44 bits per heavy atom. The van der Waals surface area contributed by atoms with Crippen molar-refractivity contribution < 1.29 is 15.0 Å². The highest BCUT2D eigenvalue weighted by Gasteiger charge is 2.27. The largest absolute Gasteiger partial charge is 0.395 e. The van der Waals surface area contributed by atoms with E-state index in [0.29, 0.717) is 12.7 Å². The van der Waals surface area contributed by atoms with Gasteiger partial charge in [-0.2, -0.15) is 0 Å². The number of carbonyl (C=O) groups excluding carboxylic acids is 1. The maximum absolute atomic E-state index is 10.8. The molecule has 0 aromatic heterocycles. The van der Waals surface area contributed by atoms with Crippen LogP contribution in [0.5, 0.6) is 0 Å². The summed E-state index contributed by atoms with van der Waals surface area (Å²) < 4.78 is 0. The molecule has 0 aliphatic carbocycles. The van der Waals surface area contributed by atoms with Gasteiger partial charge in [-0.25, -0.2) is 0 Å². The molecule has 0 spiro atoms. The maximum Gasteiger partial charge on any atom is 0.130 e. The number of aliphatic hydroxyl groups excluding tert-OH is 2. The third kappa shape index (κ3) is 7.83. The van der Waals surface area contributed by atoms with Crippen LogP contribution in [0.1, 0.15) is 65.2 Å². The van der Waals surface area contributed by atoms with Crippen molar-refractivity contribution in [3.63, 3.8) is 0 Å². The van der Waals surface area contributed by atoms with Crippen molar-refractivity contribution in [1.82, 2.24) is 0 Å². The van der Waals surface area contributed by atoms with Gasteiger partial charge in [0.1, 0.15) is 6.29 Å². The highest BCUT2D eigenvalue weighted by atomic mass is 16.3. The number of aldehydes is 1. The third-order valence-corrected chi connectivity index (χ3v) is 3.59. The molecule has 0 atom stereocenters. The fourth-order valence-electron chi connectivity index (χ4n) is 2.08. The second-order valence-corrected chi connectivity index (χ2v) is 5.85. The van der Waals surface area contributed by atoms with E-state index in [9.17, 15) is 4.79 Å². The molecule has 0 bridgehead atoms.